The quantitative estimate of drug-likeness (QED) is 0.243. The third-order valence-corrected chi connectivity index (χ3v) is 5.60. The lowest BCUT2D eigenvalue weighted by Gasteiger charge is -2.18. The van der Waals surface area contributed by atoms with E-state index in [-0.39, 0.29) is 6.10 Å². The van der Waals surface area contributed by atoms with Crippen LogP contribution < -0.4 is 14.2 Å². The number of nitrogens with zero attached hydrogens (tertiary/aromatic N) is 1. The molecule has 5 heteroatoms. The summed E-state index contributed by atoms with van der Waals surface area (Å²) in [5.74, 6) is 2.13. The van der Waals surface area contributed by atoms with Crippen molar-refractivity contribution in [3.05, 3.63) is 95.1 Å². The first-order chi connectivity index (χ1) is 16.1. The highest BCUT2D eigenvalue weighted by Crippen LogP contribution is 2.31. The van der Waals surface area contributed by atoms with Crippen LogP contribution in [0.25, 0.3) is 10.9 Å². The molecule has 1 aromatic heterocycles. The van der Waals surface area contributed by atoms with Crippen molar-refractivity contribution in [1.82, 2.24) is 4.98 Å². The third-order valence-electron chi connectivity index (χ3n) is 5.31. The summed E-state index contributed by atoms with van der Waals surface area (Å²) < 4.78 is 18.1. The molecule has 4 rings (SSSR count). The van der Waals surface area contributed by atoms with Crippen molar-refractivity contribution in [3.63, 3.8) is 0 Å². The van der Waals surface area contributed by atoms with Gasteiger partial charge in [-0.15, -0.1) is 0 Å². The van der Waals surface area contributed by atoms with Crippen LogP contribution in [0.1, 0.15) is 37.9 Å². The molecule has 4 aromatic rings. The van der Waals surface area contributed by atoms with E-state index in [1.54, 1.807) is 0 Å². The summed E-state index contributed by atoms with van der Waals surface area (Å²) in [5.41, 5.74) is 2.75. The Morgan fingerprint density at radius 3 is 2.42 bits per heavy atom. The third kappa shape index (κ3) is 6.17. The fourth-order valence-corrected chi connectivity index (χ4v) is 3.87. The Morgan fingerprint density at radius 1 is 0.848 bits per heavy atom. The number of aromatic nitrogens is 1. The fourth-order valence-electron chi connectivity index (χ4n) is 3.63. The van der Waals surface area contributed by atoms with Crippen LogP contribution in [0.5, 0.6) is 17.2 Å². The highest BCUT2D eigenvalue weighted by Gasteiger charge is 2.13. The van der Waals surface area contributed by atoms with Crippen molar-refractivity contribution >= 4 is 22.5 Å². The molecule has 1 atom stereocenters. The minimum Gasteiger partial charge on any atom is -0.489 e. The molecule has 0 aliphatic heterocycles. The Hall–Kier alpha value is -3.24. The van der Waals surface area contributed by atoms with Gasteiger partial charge >= 0.3 is 0 Å². The van der Waals surface area contributed by atoms with Gasteiger partial charge in [-0.2, -0.15) is 0 Å². The summed E-state index contributed by atoms with van der Waals surface area (Å²) in [6.07, 6.45) is 2.12. The Bertz CT molecular complexity index is 1210. The van der Waals surface area contributed by atoms with Crippen molar-refractivity contribution < 1.29 is 14.2 Å². The van der Waals surface area contributed by atoms with Crippen molar-refractivity contribution in [3.8, 4) is 17.2 Å². The van der Waals surface area contributed by atoms with Crippen molar-refractivity contribution in [2.24, 2.45) is 0 Å². The number of fused-ring (bicyclic) bond motifs is 1. The maximum atomic E-state index is 6.41. The summed E-state index contributed by atoms with van der Waals surface area (Å²) in [6, 6.07) is 25.4. The van der Waals surface area contributed by atoms with Gasteiger partial charge in [-0.05, 0) is 43.7 Å². The Morgan fingerprint density at radius 2 is 1.61 bits per heavy atom. The van der Waals surface area contributed by atoms with Gasteiger partial charge < -0.3 is 14.2 Å². The lowest BCUT2D eigenvalue weighted by atomic mass is 10.2. The van der Waals surface area contributed by atoms with Crippen LogP contribution >= 0.6 is 11.6 Å². The van der Waals surface area contributed by atoms with Gasteiger partial charge in [0, 0.05) is 17.0 Å². The highest BCUT2D eigenvalue weighted by molar-refractivity contribution is 6.32. The standard InChI is InChI=1S/C28H28ClNO3/c1-3-8-20(2)33-28-22(10-6-13-26(28)29)18-31-24-11-7-12-25(17-24)32-19-23-16-15-21-9-4-5-14-27(21)30-23/h4-7,9-17,20H,3,8,18-19H2,1-2H3. The van der Waals surface area contributed by atoms with Crippen LogP contribution in [-0.2, 0) is 13.2 Å². The van der Waals surface area contributed by atoms with E-state index in [1.165, 1.54) is 0 Å². The molecule has 0 bridgehead atoms. The van der Waals surface area contributed by atoms with Crippen molar-refractivity contribution in [2.75, 3.05) is 0 Å². The summed E-state index contributed by atoms with van der Waals surface area (Å²) in [7, 11) is 0. The van der Waals surface area contributed by atoms with Gasteiger partial charge in [-0.25, -0.2) is 4.98 Å². The molecule has 170 valence electrons. The van der Waals surface area contributed by atoms with Crippen molar-refractivity contribution in [2.45, 2.75) is 46.0 Å². The lowest BCUT2D eigenvalue weighted by Crippen LogP contribution is -2.13. The Labute approximate surface area is 200 Å². The molecule has 0 spiro atoms. The summed E-state index contributed by atoms with van der Waals surface area (Å²) in [5, 5.41) is 1.71. The van der Waals surface area contributed by atoms with Crippen LogP contribution in [0.2, 0.25) is 5.02 Å². The summed E-state index contributed by atoms with van der Waals surface area (Å²) >= 11 is 6.41. The number of benzene rings is 3. The van der Waals surface area contributed by atoms with Crippen LogP contribution in [0.4, 0.5) is 0 Å². The molecule has 0 saturated carbocycles. The van der Waals surface area contributed by atoms with Gasteiger partial charge in [0.1, 0.15) is 30.5 Å². The molecule has 3 aromatic carbocycles. The first kappa shape index (κ1) is 22.9. The molecule has 1 heterocycles. The molecule has 0 saturated heterocycles. The number of halogens is 1. The molecule has 0 amide bonds. The van der Waals surface area contributed by atoms with E-state index < -0.39 is 0 Å². The van der Waals surface area contributed by atoms with E-state index in [2.05, 4.69) is 31.0 Å². The number of pyridine rings is 1. The van der Waals surface area contributed by atoms with E-state index in [9.17, 15) is 0 Å². The topological polar surface area (TPSA) is 40.6 Å². The molecule has 4 nitrogen and oxygen atoms in total. The molecule has 0 radical (unpaired) electrons. The normalized spacial score (nSPS) is 11.8. The minimum absolute atomic E-state index is 0.0918. The number of para-hydroxylation sites is 2. The van der Waals surface area contributed by atoms with E-state index in [1.807, 2.05) is 66.7 Å². The van der Waals surface area contributed by atoms with Crippen LogP contribution in [0, 0.1) is 0 Å². The largest absolute Gasteiger partial charge is 0.489 e. The lowest BCUT2D eigenvalue weighted by molar-refractivity contribution is 0.202. The zero-order valence-corrected chi connectivity index (χ0v) is 19.7. The van der Waals surface area contributed by atoms with Crippen LogP contribution in [0.15, 0.2) is 78.9 Å². The SMILES string of the molecule is CCCC(C)Oc1c(Cl)cccc1COc1cccc(OCc2ccc3ccccc3n2)c1. The molecular weight excluding hydrogens is 434 g/mol. The molecule has 1 unspecified atom stereocenters. The maximum Gasteiger partial charge on any atom is 0.144 e. The summed E-state index contributed by atoms with van der Waals surface area (Å²) in [4.78, 5) is 4.66. The number of hydrogen-bond acceptors (Lipinski definition) is 4. The smallest absolute Gasteiger partial charge is 0.144 e. The van der Waals surface area contributed by atoms with Crippen LogP contribution in [0.3, 0.4) is 0 Å². The van der Waals surface area contributed by atoms with Crippen LogP contribution in [-0.4, -0.2) is 11.1 Å². The second-order valence-electron chi connectivity index (χ2n) is 7.99. The molecule has 0 aliphatic rings. The van der Waals surface area contributed by atoms with Gasteiger partial charge in [0.05, 0.1) is 22.3 Å². The Balaban J connectivity index is 1.40. The average Bonchev–Trinajstić information content (AvgIpc) is 2.83. The molecule has 0 fully saturated rings. The first-order valence-corrected chi connectivity index (χ1v) is 11.6. The van der Waals surface area contributed by atoms with Gasteiger partial charge in [0.25, 0.3) is 0 Å². The van der Waals surface area contributed by atoms with Gasteiger partial charge in [0.15, 0.2) is 0 Å². The van der Waals surface area contributed by atoms with Crippen molar-refractivity contribution in [1.29, 1.82) is 0 Å². The number of hydrogen-bond donors (Lipinski definition) is 0. The van der Waals surface area contributed by atoms with E-state index in [0.717, 1.165) is 40.8 Å². The minimum atomic E-state index is 0.0918. The fraction of sp³-hybridized carbons (Fsp3) is 0.250. The predicted molar refractivity (Wildman–Crippen MR) is 133 cm³/mol. The predicted octanol–water partition coefficient (Wildman–Crippen LogP) is 7.61. The molecule has 33 heavy (non-hydrogen) atoms. The highest BCUT2D eigenvalue weighted by atomic mass is 35.5. The van der Waals surface area contributed by atoms with E-state index in [4.69, 9.17) is 25.8 Å². The second-order valence-corrected chi connectivity index (χ2v) is 8.40. The monoisotopic (exact) mass is 461 g/mol. The van der Waals surface area contributed by atoms with E-state index >= 15 is 0 Å². The number of ether oxygens (including phenoxy) is 3. The van der Waals surface area contributed by atoms with E-state index in [0.29, 0.717) is 29.7 Å². The Kier molecular flexibility index (Phi) is 7.69. The van der Waals surface area contributed by atoms with Gasteiger partial charge in [-0.3, -0.25) is 0 Å². The average molecular weight is 462 g/mol. The molecule has 0 aliphatic carbocycles. The molecular formula is C28H28ClNO3. The zero-order chi connectivity index (χ0) is 23.0. The zero-order valence-electron chi connectivity index (χ0n) is 19.0. The maximum absolute atomic E-state index is 6.41. The number of rotatable bonds is 10. The first-order valence-electron chi connectivity index (χ1n) is 11.3. The molecule has 0 N–H and O–H groups in total. The van der Waals surface area contributed by atoms with Gasteiger partial charge in [-0.1, -0.05) is 67.4 Å². The summed E-state index contributed by atoms with van der Waals surface area (Å²) in [6.45, 7) is 4.94. The van der Waals surface area contributed by atoms with Gasteiger partial charge in [0.2, 0.25) is 0 Å². The second kappa shape index (κ2) is 11.1.